The van der Waals surface area contributed by atoms with Gasteiger partial charge in [0.25, 0.3) is 6.43 Å². The number of carboxylic acids is 1. The van der Waals surface area contributed by atoms with Crippen LogP contribution in [0.2, 0.25) is 0 Å². The molecule has 0 atom stereocenters. The Morgan fingerprint density at radius 2 is 2.31 bits per heavy atom. The van der Waals surface area contributed by atoms with Crippen molar-refractivity contribution in [2.45, 2.75) is 13.0 Å². The summed E-state index contributed by atoms with van der Waals surface area (Å²) in [5.74, 6) is -1.47. The summed E-state index contributed by atoms with van der Waals surface area (Å²) < 4.78 is 24.3. The Morgan fingerprint density at radius 3 is 2.69 bits per heavy atom. The van der Waals surface area contributed by atoms with Crippen molar-refractivity contribution in [2.24, 2.45) is 0 Å². The Kier molecular flexibility index (Phi) is 5.12. The van der Waals surface area contributed by atoms with Gasteiger partial charge in [-0.05, 0) is 6.07 Å². The van der Waals surface area contributed by atoms with Gasteiger partial charge in [0.2, 0.25) is 0 Å². The number of carbonyl (C=O) groups is 1. The standard InChI is InChI=1S/C6H6F2N2O2.Na/c7-5(8)3-10-2-1-4(9-10)6(11)12;/h1-2,5H,3H2,(H,11,12);/q;+1/p-1. The number of carbonyl (C=O) groups excluding carboxylic acids is 1. The van der Waals surface area contributed by atoms with Crippen LogP contribution in [0.25, 0.3) is 0 Å². The van der Waals surface area contributed by atoms with Gasteiger partial charge in [-0.25, -0.2) is 8.78 Å². The normalized spacial score (nSPS) is 9.77. The summed E-state index contributed by atoms with van der Waals surface area (Å²) in [5, 5.41) is 13.5. The van der Waals surface area contributed by atoms with E-state index in [1.54, 1.807) is 0 Å². The Morgan fingerprint density at radius 1 is 1.69 bits per heavy atom. The molecule has 0 aliphatic heterocycles. The number of aromatic carboxylic acids is 1. The fourth-order valence-corrected chi connectivity index (χ4v) is 0.714. The van der Waals surface area contributed by atoms with E-state index in [-0.39, 0.29) is 35.3 Å². The largest absolute Gasteiger partial charge is 1.00 e. The summed E-state index contributed by atoms with van der Waals surface area (Å²) >= 11 is 0. The number of alkyl halides is 2. The third-order valence-electron chi connectivity index (χ3n) is 1.17. The monoisotopic (exact) mass is 198 g/mol. The van der Waals surface area contributed by atoms with E-state index in [1.807, 2.05) is 0 Å². The molecule has 66 valence electrons. The summed E-state index contributed by atoms with van der Waals surface area (Å²) in [7, 11) is 0. The average Bonchev–Trinajstić information content (AvgIpc) is 2.34. The number of halogens is 2. The minimum Gasteiger partial charge on any atom is -0.543 e. The predicted octanol–water partition coefficient (Wildman–Crippen LogP) is -3.48. The van der Waals surface area contributed by atoms with E-state index in [0.29, 0.717) is 0 Å². The predicted molar refractivity (Wildman–Crippen MR) is 32.6 cm³/mol. The fourth-order valence-electron chi connectivity index (χ4n) is 0.714. The van der Waals surface area contributed by atoms with Gasteiger partial charge in [0, 0.05) is 6.20 Å². The van der Waals surface area contributed by atoms with E-state index in [4.69, 9.17) is 0 Å². The maximum absolute atomic E-state index is 11.7. The molecular formula is C6H5F2N2NaO2. The number of aromatic nitrogens is 2. The minimum absolute atomic E-state index is 0. The summed E-state index contributed by atoms with van der Waals surface area (Å²) in [6, 6.07) is 1.11. The number of nitrogens with zero attached hydrogens (tertiary/aromatic N) is 2. The van der Waals surface area contributed by atoms with Gasteiger partial charge < -0.3 is 9.90 Å². The summed E-state index contributed by atoms with van der Waals surface area (Å²) in [6.07, 6.45) is -1.38. The number of hydrogen-bond donors (Lipinski definition) is 0. The molecular weight excluding hydrogens is 193 g/mol. The molecule has 0 aromatic carbocycles. The fraction of sp³-hybridized carbons (Fsp3) is 0.333. The maximum atomic E-state index is 11.7. The zero-order valence-electron chi connectivity index (χ0n) is 6.91. The molecule has 0 saturated heterocycles. The van der Waals surface area contributed by atoms with E-state index in [2.05, 4.69) is 5.10 Å². The smallest absolute Gasteiger partial charge is 0.543 e. The van der Waals surface area contributed by atoms with Crippen LogP contribution in [0.15, 0.2) is 12.3 Å². The summed E-state index contributed by atoms with van der Waals surface area (Å²) in [5.41, 5.74) is -0.337. The van der Waals surface area contributed by atoms with Crippen LogP contribution < -0.4 is 34.7 Å². The van der Waals surface area contributed by atoms with Crippen LogP contribution in [-0.4, -0.2) is 22.2 Å². The SMILES string of the molecule is O=C([O-])c1ccn(CC(F)F)n1.[Na+]. The molecule has 4 nitrogen and oxygen atoms in total. The molecule has 0 radical (unpaired) electrons. The van der Waals surface area contributed by atoms with Gasteiger partial charge in [-0.2, -0.15) is 5.10 Å². The van der Waals surface area contributed by atoms with E-state index in [0.717, 1.165) is 16.9 Å². The molecule has 0 saturated carbocycles. The van der Waals surface area contributed by atoms with Crippen molar-refractivity contribution in [3.8, 4) is 0 Å². The van der Waals surface area contributed by atoms with Gasteiger partial charge in [0.1, 0.15) is 12.2 Å². The van der Waals surface area contributed by atoms with Crippen LogP contribution >= 0.6 is 0 Å². The second-order valence-electron chi connectivity index (χ2n) is 2.10. The Balaban J connectivity index is 0.00000144. The molecule has 0 N–H and O–H groups in total. The molecule has 7 heteroatoms. The van der Waals surface area contributed by atoms with Crippen molar-refractivity contribution >= 4 is 5.97 Å². The maximum Gasteiger partial charge on any atom is 1.00 e. The molecule has 1 rings (SSSR count). The Bertz CT molecular complexity index is 290. The summed E-state index contributed by atoms with van der Waals surface area (Å²) in [4.78, 5) is 10.1. The van der Waals surface area contributed by atoms with Crippen molar-refractivity contribution in [3.05, 3.63) is 18.0 Å². The van der Waals surface area contributed by atoms with Crippen molar-refractivity contribution in [1.29, 1.82) is 0 Å². The van der Waals surface area contributed by atoms with Gasteiger partial charge in [-0.3, -0.25) is 4.68 Å². The van der Waals surface area contributed by atoms with Crippen LogP contribution in [0, 0.1) is 0 Å². The second-order valence-corrected chi connectivity index (χ2v) is 2.10. The van der Waals surface area contributed by atoms with E-state index < -0.39 is 18.9 Å². The van der Waals surface area contributed by atoms with Crippen molar-refractivity contribution in [2.75, 3.05) is 0 Å². The van der Waals surface area contributed by atoms with E-state index >= 15 is 0 Å². The van der Waals surface area contributed by atoms with Gasteiger partial charge in [-0.1, -0.05) is 0 Å². The van der Waals surface area contributed by atoms with Crippen molar-refractivity contribution in [1.82, 2.24) is 9.78 Å². The van der Waals surface area contributed by atoms with Crippen LogP contribution in [0.3, 0.4) is 0 Å². The zero-order chi connectivity index (χ0) is 9.14. The molecule has 0 amide bonds. The topological polar surface area (TPSA) is 57.9 Å². The first-order chi connectivity index (χ1) is 5.59. The first-order valence-electron chi connectivity index (χ1n) is 3.12. The van der Waals surface area contributed by atoms with Crippen molar-refractivity contribution < 1.29 is 48.2 Å². The second kappa shape index (κ2) is 5.31. The first kappa shape index (κ1) is 12.5. The molecule has 1 aromatic rings. The minimum atomic E-state index is -2.54. The van der Waals surface area contributed by atoms with Gasteiger partial charge in [0.05, 0.1) is 5.97 Å². The summed E-state index contributed by atoms with van der Waals surface area (Å²) in [6.45, 7) is -0.604. The molecule has 0 fully saturated rings. The van der Waals surface area contributed by atoms with Crippen LogP contribution in [-0.2, 0) is 6.54 Å². The number of rotatable bonds is 3. The molecule has 1 heterocycles. The third-order valence-corrected chi connectivity index (χ3v) is 1.17. The van der Waals surface area contributed by atoms with Crippen LogP contribution in [0.1, 0.15) is 10.5 Å². The molecule has 1 aromatic heterocycles. The van der Waals surface area contributed by atoms with Gasteiger partial charge in [-0.15, -0.1) is 0 Å². The van der Waals surface area contributed by atoms with Crippen LogP contribution in [0.5, 0.6) is 0 Å². The van der Waals surface area contributed by atoms with Gasteiger partial charge in [0.15, 0.2) is 0 Å². The number of hydrogen-bond acceptors (Lipinski definition) is 3. The van der Waals surface area contributed by atoms with Crippen molar-refractivity contribution in [3.63, 3.8) is 0 Å². The number of carboxylic acid groups (broad SMARTS) is 1. The van der Waals surface area contributed by atoms with E-state index in [9.17, 15) is 18.7 Å². The molecule has 0 unspecified atom stereocenters. The zero-order valence-corrected chi connectivity index (χ0v) is 8.91. The molecule has 13 heavy (non-hydrogen) atoms. The average molecular weight is 198 g/mol. The molecule has 0 aliphatic rings. The van der Waals surface area contributed by atoms with Gasteiger partial charge >= 0.3 is 29.6 Å². The van der Waals surface area contributed by atoms with E-state index in [1.165, 1.54) is 0 Å². The molecule has 0 spiro atoms. The Hall–Kier alpha value is -0.460. The molecule has 0 bridgehead atoms. The Labute approximate surface area is 94.8 Å². The third kappa shape index (κ3) is 3.84. The quantitative estimate of drug-likeness (QED) is 0.474. The first-order valence-corrected chi connectivity index (χ1v) is 3.12. The van der Waals surface area contributed by atoms with Crippen LogP contribution in [0.4, 0.5) is 8.78 Å². The molecule has 0 aliphatic carbocycles.